The highest BCUT2D eigenvalue weighted by Crippen LogP contribution is 2.49. The molecule has 4 heteroatoms. The van der Waals surface area contributed by atoms with E-state index >= 15 is 0 Å². The van der Waals surface area contributed by atoms with E-state index in [9.17, 15) is 0 Å². The average molecular weight is 226 g/mol. The normalized spacial score (nSPS) is 33.1. The van der Waals surface area contributed by atoms with Gasteiger partial charge in [0.2, 0.25) is 0 Å². The van der Waals surface area contributed by atoms with Crippen LogP contribution in [0.3, 0.4) is 0 Å². The highest BCUT2D eigenvalue weighted by molar-refractivity contribution is 7.09. The van der Waals surface area contributed by atoms with Crippen LogP contribution in [0.4, 0.5) is 0 Å². The third-order valence-corrected chi connectivity index (χ3v) is 4.08. The van der Waals surface area contributed by atoms with Crippen molar-refractivity contribution in [1.82, 2.24) is 4.98 Å². The molecule has 1 aliphatic heterocycles. The monoisotopic (exact) mass is 226 g/mol. The first kappa shape index (κ1) is 11.0. The van der Waals surface area contributed by atoms with Crippen molar-refractivity contribution in [2.75, 3.05) is 0 Å². The van der Waals surface area contributed by atoms with Gasteiger partial charge < -0.3 is 10.5 Å². The van der Waals surface area contributed by atoms with Gasteiger partial charge in [0, 0.05) is 18.0 Å². The maximum atomic E-state index is 6.50. The molecule has 0 spiro atoms. The zero-order chi connectivity index (χ0) is 11.3. The maximum absolute atomic E-state index is 6.50. The summed E-state index contributed by atoms with van der Waals surface area (Å²) in [6.45, 7) is 8.25. The van der Waals surface area contributed by atoms with Gasteiger partial charge in [-0.05, 0) is 27.7 Å². The summed E-state index contributed by atoms with van der Waals surface area (Å²) < 4.78 is 6.02. The summed E-state index contributed by atoms with van der Waals surface area (Å²) in [7, 11) is 0. The summed E-state index contributed by atoms with van der Waals surface area (Å²) in [5.41, 5.74) is 5.49. The number of nitrogens with zero attached hydrogens (tertiary/aromatic N) is 1. The van der Waals surface area contributed by atoms with Crippen LogP contribution in [0.5, 0.6) is 0 Å². The molecule has 2 rings (SSSR count). The van der Waals surface area contributed by atoms with Crippen LogP contribution in [0, 0.1) is 0 Å². The molecular formula is C11H18N2OS. The lowest BCUT2D eigenvalue weighted by molar-refractivity contribution is -0.0795. The van der Waals surface area contributed by atoms with Gasteiger partial charge in [-0.1, -0.05) is 0 Å². The van der Waals surface area contributed by atoms with Crippen molar-refractivity contribution in [2.24, 2.45) is 5.73 Å². The van der Waals surface area contributed by atoms with E-state index in [4.69, 9.17) is 10.5 Å². The minimum atomic E-state index is -0.468. The van der Waals surface area contributed by atoms with Crippen LogP contribution in [0.1, 0.15) is 39.1 Å². The fourth-order valence-electron chi connectivity index (χ4n) is 2.48. The lowest BCUT2D eigenvalue weighted by Gasteiger charge is -2.34. The second-order valence-electron chi connectivity index (χ2n) is 5.36. The highest BCUT2D eigenvalue weighted by atomic mass is 32.1. The minimum absolute atomic E-state index is 0.177. The van der Waals surface area contributed by atoms with E-state index in [0.717, 1.165) is 11.4 Å². The van der Waals surface area contributed by atoms with Crippen molar-refractivity contribution < 1.29 is 4.74 Å². The molecule has 2 heterocycles. The zero-order valence-electron chi connectivity index (χ0n) is 9.70. The van der Waals surface area contributed by atoms with E-state index < -0.39 is 5.54 Å². The van der Waals surface area contributed by atoms with Gasteiger partial charge in [0.05, 0.1) is 16.7 Å². The molecule has 2 N–H and O–H groups in total. The number of nitrogens with two attached hydrogens (primary N) is 1. The fraction of sp³-hybridized carbons (Fsp3) is 0.727. The molecule has 0 amide bonds. The van der Waals surface area contributed by atoms with E-state index in [1.165, 1.54) is 0 Å². The Labute approximate surface area is 94.7 Å². The molecule has 0 radical (unpaired) electrons. The van der Waals surface area contributed by atoms with Gasteiger partial charge in [-0.3, -0.25) is 0 Å². The van der Waals surface area contributed by atoms with Gasteiger partial charge in [-0.25, -0.2) is 4.98 Å². The number of rotatable bonds is 1. The van der Waals surface area contributed by atoms with Gasteiger partial charge in [0.25, 0.3) is 0 Å². The number of thiazole rings is 1. The van der Waals surface area contributed by atoms with Gasteiger partial charge in [0.15, 0.2) is 0 Å². The smallest absolute Gasteiger partial charge is 0.115 e. The van der Waals surface area contributed by atoms with Crippen molar-refractivity contribution in [3.8, 4) is 0 Å². The van der Waals surface area contributed by atoms with Crippen LogP contribution in [0.15, 0.2) is 11.6 Å². The first-order chi connectivity index (χ1) is 6.77. The van der Waals surface area contributed by atoms with E-state index in [2.05, 4.69) is 18.8 Å². The van der Waals surface area contributed by atoms with Gasteiger partial charge in [0.1, 0.15) is 5.01 Å². The summed E-state index contributed by atoms with van der Waals surface area (Å²) in [5, 5.41) is 2.93. The summed E-state index contributed by atoms with van der Waals surface area (Å²) in [5.74, 6) is 0. The Kier molecular flexibility index (Phi) is 2.23. The lowest BCUT2D eigenvalue weighted by atomic mass is 9.80. The largest absolute Gasteiger partial charge is 0.367 e. The van der Waals surface area contributed by atoms with Crippen molar-refractivity contribution in [2.45, 2.75) is 50.9 Å². The molecule has 0 aliphatic carbocycles. The van der Waals surface area contributed by atoms with Gasteiger partial charge in [-0.15, -0.1) is 11.3 Å². The summed E-state index contributed by atoms with van der Waals surface area (Å²) in [6.07, 6.45) is 2.61. The standard InChI is InChI=1S/C11H18N2OS/c1-9(2)7-11(12,10(3,4)14-9)8-13-5-6-15-8/h5-6H,7,12H2,1-4H3. The summed E-state index contributed by atoms with van der Waals surface area (Å²) in [6, 6.07) is 0. The molecule has 1 aromatic heterocycles. The second kappa shape index (κ2) is 3.03. The maximum Gasteiger partial charge on any atom is 0.115 e. The van der Waals surface area contributed by atoms with E-state index in [-0.39, 0.29) is 11.2 Å². The first-order valence-electron chi connectivity index (χ1n) is 5.16. The third kappa shape index (κ3) is 1.61. The molecule has 15 heavy (non-hydrogen) atoms. The topological polar surface area (TPSA) is 48.1 Å². The molecule has 0 aromatic carbocycles. The molecule has 84 valence electrons. The number of hydrogen-bond donors (Lipinski definition) is 1. The van der Waals surface area contributed by atoms with Crippen molar-refractivity contribution >= 4 is 11.3 Å². The molecule has 0 bridgehead atoms. The predicted octanol–water partition coefficient (Wildman–Crippen LogP) is 2.27. The van der Waals surface area contributed by atoms with E-state index in [0.29, 0.717) is 0 Å². The molecule has 3 nitrogen and oxygen atoms in total. The van der Waals surface area contributed by atoms with Crippen LogP contribution in [-0.2, 0) is 10.3 Å². The second-order valence-corrected chi connectivity index (χ2v) is 6.25. The Hall–Kier alpha value is -0.450. The summed E-state index contributed by atoms with van der Waals surface area (Å²) in [4.78, 5) is 4.34. The Morgan fingerprint density at radius 1 is 1.40 bits per heavy atom. The van der Waals surface area contributed by atoms with Crippen molar-refractivity contribution in [3.63, 3.8) is 0 Å². The number of aromatic nitrogens is 1. The average Bonchev–Trinajstić information content (AvgIpc) is 2.55. The van der Waals surface area contributed by atoms with Crippen molar-refractivity contribution in [1.29, 1.82) is 0 Å². The van der Waals surface area contributed by atoms with Gasteiger partial charge >= 0.3 is 0 Å². The summed E-state index contributed by atoms with van der Waals surface area (Å²) >= 11 is 1.61. The van der Waals surface area contributed by atoms with E-state index in [1.807, 2.05) is 19.2 Å². The zero-order valence-corrected chi connectivity index (χ0v) is 10.5. The molecule has 1 atom stereocenters. The quantitative estimate of drug-likeness (QED) is 0.799. The van der Waals surface area contributed by atoms with E-state index in [1.54, 1.807) is 17.5 Å². The molecule has 1 aromatic rings. The van der Waals surface area contributed by atoms with Crippen LogP contribution < -0.4 is 5.73 Å². The SMILES string of the molecule is CC1(C)CC(N)(c2nccs2)C(C)(C)O1. The molecule has 1 fully saturated rings. The van der Waals surface area contributed by atoms with Gasteiger partial charge in [-0.2, -0.15) is 0 Å². The van der Waals surface area contributed by atoms with Crippen LogP contribution in [-0.4, -0.2) is 16.2 Å². The van der Waals surface area contributed by atoms with Crippen LogP contribution >= 0.6 is 11.3 Å². The van der Waals surface area contributed by atoms with Crippen LogP contribution in [0.2, 0.25) is 0 Å². The number of ether oxygens (including phenoxy) is 1. The van der Waals surface area contributed by atoms with Crippen molar-refractivity contribution in [3.05, 3.63) is 16.6 Å². The Morgan fingerprint density at radius 2 is 2.07 bits per heavy atom. The predicted molar refractivity (Wildman–Crippen MR) is 61.8 cm³/mol. The molecule has 0 saturated carbocycles. The first-order valence-corrected chi connectivity index (χ1v) is 6.04. The minimum Gasteiger partial charge on any atom is -0.367 e. The fourth-order valence-corrected chi connectivity index (χ4v) is 3.38. The molecule has 1 saturated heterocycles. The third-order valence-electron chi connectivity index (χ3n) is 3.12. The number of hydrogen-bond acceptors (Lipinski definition) is 4. The molecule has 1 unspecified atom stereocenters. The Balaban J connectivity index is 2.44. The van der Waals surface area contributed by atoms with Crippen LogP contribution in [0.25, 0.3) is 0 Å². The lowest BCUT2D eigenvalue weighted by Crippen LogP contribution is -2.51. The Morgan fingerprint density at radius 3 is 2.47 bits per heavy atom. The molecule has 1 aliphatic rings. The molecular weight excluding hydrogens is 208 g/mol. The Bertz CT molecular complexity index is 359. The highest BCUT2D eigenvalue weighted by Gasteiger charge is 2.57.